The fraction of sp³-hybridized carbons (Fsp3) is 0.267. The Morgan fingerprint density at radius 3 is 2.71 bits per heavy atom. The van der Waals surface area contributed by atoms with Crippen LogP contribution in [0.4, 0.5) is 0 Å². The molecule has 0 spiro atoms. The molecule has 2 rings (SSSR count). The minimum atomic E-state index is -0.977. The second-order valence-corrected chi connectivity index (χ2v) is 6.65. The van der Waals surface area contributed by atoms with Gasteiger partial charge in [-0.2, -0.15) is 0 Å². The molecule has 0 saturated heterocycles. The van der Waals surface area contributed by atoms with Gasteiger partial charge in [0, 0.05) is 27.8 Å². The van der Waals surface area contributed by atoms with Crippen molar-refractivity contribution in [1.82, 2.24) is 4.90 Å². The van der Waals surface area contributed by atoms with Gasteiger partial charge in [0.15, 0.2) is 0 Å². The van der Waals surface area contributed by atoms with E-state index in [1.165, 1.54) is 12.0 Å². The van der Waals surface area contributed by atoms with Crippen molar-refractivity contribution in [2.45, 2.75) is 13.1 Å². The summed E-state index contributed by atoms with van der Waals surface area (Å²) in [6.07, 6.45) is 0. The normalized spacial score (nSPS) is 10.9. The Labute approximate surface area is 136 Å². The van der Waals surface area contributed by atoms with Crippen LogP contribution in [0, 0.1) is 0 Å². The summed E-state index contributed by atoms with van der Waals surface area (Å²) in [5.41, 5.74) is 1.21. The summed E-state index contributed by atoms with van der Waals surface area (Å²) in [6, 6.07) is 7.30. The number of nitrogens with zero attached hydrogens (tertiary/aromatic N) is 1. The highest BCUT2D eigenvalue weighted by molar-refractivity contribution is 9.10. The van der Waals surface area contributed by atoms with Crippen LogP contribution >= 0.6 is 27.3 Å². The van der Waals surface area contributed by atoms with E-state index in [9.17, 15) is 4.79 Å². The van der Waals surface area contributed by atoms with E-state index in [0.717, 1.165) is 23.1 Å². The average Bonchev–Trinajstić information content (AvgIpc) is 2.83. The average molecular weight is 370 g/mol. The monoisotopic (exact) mass is 369 g/mol. The molecule has 0 radical (unpaired) electrons. The van der Waals surface area contributed by atoms with Crippen LogP contribution in [0.3, 0.4) is 0 Å². The lowest BCUT2D eigenvalue weighted by Crippen LogP contribution is -2.16. The van der Waals surface area contributed by atoms with E-state index >= 15 is 0 Å². The quantitative estimate of drug-likeness (QED) is 0.839. The number of aromatic carboxylic acids is 1. The van der Waals surface area contributed by atoms with Crippen LogP contribution in [0.5, 0.6) is 5.75 Å². The number of hydrogen-bond acceptors (Lipinski definition) is 4. The van der Waals surface area contributed by atoms with E-state index in [1.54, 1.807) is 23.5 Å². The first-order chi connectivity index (χ1) is 9.99. The van der Waals surface area contributed by atoms with Gasteiger partial charge >= 0.3 is 5.97 Å². The lowest BCUT2D eigenvalue weighted by atomic mass is 10.1. The second kappa shape index (κ2) is 7.06. The fourth-order valence-electron chi connectivity index (χ4n) is 2.08. The van der Waals surface area contributed by atoms with Gasteiger partial charge in [0.05, 0.1) is 7.11 Å². The number of thiophene rings is 1. The largest absolute Gasteiger partial charge is 0.496 e. The molecule has 0 saturated carbocycles. The minimum Gasteiger partial charge on any atom is -0.496 e. The number of rotatable bonds is 6. The summed E-state index contributed by atoms with van der Waals surface area (Å²) in [5, 5.41) is 11.1. The molecular weight excluding hydrogens is 354 g/mol. The molecule has 0 aliphatic heterocycles. The first-order valence-corrected chi connectivity index (χ1v) is 7.98. The highest BCUT2D eigenvalue weighted by Crippen LogP contribution is 2.23. The smallest absolute Gasteiger partial charge is 0.339 e. The molecule has 1 aromatic heterocycles. The summed E-state index contributed by atoms with van der Waals surface area (Å²) >= 11 is 5.16. The second-order valence-electron chi connectivity index (χ2n) is 4.74. The van der Waals surface area contributed by atoms with Crippen LogP contribution in [0.2, 0.25) is 0 Å². The first kappa shape index (κ1) is 16.0. The van der Waals surface area contributed by atoms with Gasteiger partial charge in [-0.05, 0) is 46.7 Å². The predicted molar refractivity (Wildman–Crippen MR) is 87.1 cm³/mol. The van der Waals surface area contributed by atoms with Crippen LogP contribution < -0.4 is 4.74 Å². The molecule has 1 aromatic carbocycles. The Bertz CT molecular complexity index is 642. The van der Waals surface area contributed by atoms with Crippen LogP contribution in [-0.2, 0) is 13.1 Å². The molecule has 6 heteroatoms. The lowest BCUT2D eigenvalue weighted by Gasteiger charge is -2.16. The molecule has 1 heterocycles. The van der Waals surface area contributed by atoms with E-state index in [1.807, 2.05) is 13.1 Å². The van der Waals surface area contributed by atoms with Crippen LogP contribution in [0.15, 0.2) is 34.1 Å². The summed E-state index contributed by atoms with van der Waals surface area (Å²) in [7, 11) is 3.52. The van der Waals surface area contributed by atoms with Gasteiger partial charge in [0.1, 0.15) is 11.3 Å². The van der Waals surface area contributed by atoms with Gasteiger partial charge in [0.25, 0.3) is 0 Å². The maximum atomic E-state index is 11.1. The SMILES string of the molecule is COc1cc(CN(C)Cc2cc(Br)cs2)ccc1C(=O)O. The molecule has 0 amide bonds. The number of halogens is 1. The third-order valence-electron chi connectivity index (χ3n) is 3.00. The number of carbonyl (C=O) groups is 1. The molecule has 0 aliphatic rings. The molecule has 0 fully saturated rings. The van der Waals surface area contributed by atoms with E-state index in [4.69, 9.17) is 9.84 Å². The zero-order valence-electron chi connectivity index (χ0n) is 11.8. The molecule has 2 aromatic rings. The van der Waals surface area contributed by atoms with E-state index in [-0.39, 0.29) is 5.56 Å². The summed E-state index contributed by atoms with van der Waals surface area (Å²) in [6.45, 7) is 1.57. The summed E-state index contributed by atoms with van der Waals surface area (Å²) in [5.74, 6) is -0.581. The molecule has 0 unspecified atom stereocenters. The van der Waals surface area contributed by atoms with Crippen molar-refractivity contribution < 1.29 is 14.6 Å². The Balaban J connectivity index is 2.06. The molecule has 0 aliphatic carbocycles. The van der Waals surface area contributed by atoms with Crippen LogP contribution in [0.25, 0.3) is 0 Å². The molecule has 0 atom stereocenters. The standard InChI is InChI=1S/C15H16BrNO3S/c1-17(8-12-6-11(16)9-21-12)7-10-3-4-13(15(18)19)14(5-10)20-2/h3-6,9H,7-8H2,1-2H3,(H,18,19). The molecule has 0 bridgehead atoms. The highest BCUT2D eigenvalue weighted by atomic mass is 79.9. The third-order valence-corrected chi connectivity index (χ3v) is 4.68. The van der Waals surface area contributed by atoms with Crippen molar-refractivity contribution in [2.24, 2.45) is 0 Å². The van der Waals surface area contributed by atoms with Crippen molar-refractivity contribution in [3.05, 3.63) is 50.1 Å². The first-order valence-electron chi connectivity index (χ1n) is 6.31. The van der Waals surface area contributed by atoms with Gasteiger partial charge < -0.3 is 9.84 Å². The lowest BCUT2D eigenvalue weighted by molar-refractivity contribution is 0.0693. The Hall–Kier alpha value is -1.37. The van der Waals surface area contributed by atoms with Gasteiger partial charge in [-0.15, -0.1) is 11.3 Å². The zero-order valence-corrected chi connectivity index (χ0v) is 14.2. The molecule has 1 N–H and O–H groups in total. The molecule has 21 heavy (non-hydrogen) atoms. The number of carboxylic acid groups (broad SMARTS) is 1. The van der Waals surface area contributed by atoms with Crippen LogP contribution in [-0.4, -0.2) is 30.1 Å². The van der Waals surface area contributed by atoms with Gasteiger partial charge in [-0.1, -0.05) is 6.07 Å². The van der Waals surface area contributed by atoms with Crippen molar-refractivity contribution in [3.63, 3.8) is 0 Å². The van der Waals surface area contributed by atoms with Crippen molar-refractivity contribution in [2.75, 3.05) is 14.2 Å². The number of methoxy groups -OCH3 is 1. The highest BCUT2D eigenvalue weighted by Gasteiger charge is 2.12. The molecule has 4 nitrogen and oxygen atoms in total. The van der Waals surface area contributed by atoms with Gasteiger partial charge in [-0.3, -0.25) is 4.90 Å². The Morgan fingerprint density at radius 1 is 1.38 bits per heavy atom. The van der Waals surface area contributed by atoms with E-state index < -0.39 is 5.97 Å². The summed E-state index contributed by atoms with van der Waals surface area (Å²) in [4.78, 5) is 14.5. The Kier molecular flexibility index (Phi) is 5.39. The number of ether oxygens (including phenoxy) is 1. The summed E-state index contributed by atoms with van der Waals surface area (Å²) < 4.78 is 6.25. The molecular formula is C15H16BrNO3S. The van der Waals surface area contributed by atoms with Gasteiger partial charge in [0.2, 0.25) is 0 Å². The predicted octanol–water partition coefficient (Wildman–Crippen LogP) is 3.85. The number of hydrogen-bond donors (Lipinski definition) is 1. The minimum absolute atomic E-state index is 0.186. The number of benzene rings is 1. The van der Waals surface area contributed by atoms with Crippen molar-refractivity contribution in [1.29, 1.82) is 0 Å². The molecule has 112 valence electrons. The van der Waals surface area contributed by atoms with Crippen molar-refractivity contribution >= 4 is 33.2 Å². The maximum absolute atomic E-state index is 11.1. The maximum Gasteiger partial charge on any atom is 0.339 e. The Morgan fingerprint density at radius 2 is 2.14 bits per heavy atom. The topological polar surface area (TPSA) is 49.8 Å². The van der Waals surface area contributed by atoms with Gasteiger partial charge in [-0.25, -0.2) is 4.79 Å². The zero-order chi connectivity index (χ0) is 15.4. The third kappa shape index (κ3) is 4.30. The van der Waals surface area contributed by atoms with E-state index in [2.05, 4.69) is 32.3 Å². The number of carboxylic acids is 1. The fourth-order valence-corrected chi connectivity index (χ4v) is 3.61. The van der Waals surface area contributed by atoms with E-state index in [0.29, 0.717) is 5.75 Å². The van der Waals surface area contributed by atoms with Crippen molar-refractivity contribution in [3.8, 4) is 5.75 Å². The van der Waals surface area contributed by atoms with Crippen LogP contribution in [0.1, 0.15) is 20.8 Å².